The second kappa shape index (κ2) is 9.56. The molecule has 0 amide bonds. The molecule has 0 aromatic heterocycles. The van der Waals surface area contributed by atoms with Crippen molar-refractivity contribution in [2.24, 2.45) is 0 Å². The first kappa shape index (κ1) is 27.0. The van der Waals surface area contributed by atoms with Gasteiger partial charge in [0, 0.05) is 5.41 Å². The third kappa shape index (κ3) is 3.53. The fraction of sp³-hybridized carbons (Fsp3) is 0.0612. The van der Waals surface area contributed by atoms with Crippen molar-refractivity contribution in [2.45, 2.75) is 19.3 Å². The smallest absolute Gasteiger partial charge is 0.0171 e. The molecule has 228 valence electrons. The molecule has 0 bridgehead atoms. The van der Waals surface area contributed by atoms with Crippen LogP contribution in [0.5, 0.6) is 0 Å². The molecule has 0 unspecified atom stereocenters. The summed E-state index contributed by atoms with van der Waals surface area (Å²) in [6.07, 6.45) is 0. The Morgan fingerprint density at radius 3 is 1.53 bits per heavy atom. The van der Waals surface area contributed by atoms with Crippen LogP contribution < -0.4 is 0 Å². The molecule has 0 atom stereocenters. The number of benzene rings is 10. The van der Waals surface area contributed by atoms with E-state index in [2.05, 4.69) is 172 Å². The van der Waals surface area contributed by atoms with Gasteiger partial charge in [0.2, 0.25) is 0 Å². The molecule has 0 heteroatoms. The van der Waals surface area contributed by atoms with Gasteiger partial charge in [0.15, 0.2) is 0 Å². The van der Waals surface area contributed by atoms with Crippen LogP contribution in [0.25, 0.3) is 98.0 Å². The Morgan fingerprint density at radius 1 is 0.327 bits per heavy atom. The van der Waals surface area contributed by atoms with Gasteiger partial charge in [0.05, 0.1) is 0 Å². The average molecular weight is 621 g/mol. The fourth-order valence-electron chi connectivity index (χ4n) is 9.50. The normalized spacial score (nSPS) is 13.7. The molecule has 10 aromatic carbocycles. The summed E-state index contributed by atoms with van der Waals surface area (Å²) in [6, 6.07) is 59.2. The maximum atomic E-state index is 2.50. The van der Waals surface area contributed by atoms with Crippen molar-refractivity contribution >= 4 is 64.6 Å². The maximum absolute atomic E-state index is 2.50. The van der Waals surface area contributed by atoms with E-state index in [0.29, 0.717) is 0 Å². The molecule has 1 aliphatic carbocycles. The summed E-state index contributed by atoms with van der Waals surface area (Å²) in [6.45, 7) is 4.85. The third-order valence-electron chi connectivity index (χ3n) is 11.5. The lowest BCUT2D eigenvalue weighted by Crippen LogP contribution is -2.16. The van der Waals surface area contributed by atoms with Gasteiger partial charge in [-0.05, 0) is 115 Å². The Balaban J connectivity index is 1.14. The molecule has 0 heterocycles. The highest BCUT2D eigenvalue weighted by Gasteiger charge is 2.40. The Kier molecular flexibility index (Phi) is 5.27. The van der Waals surface area contributed by atoms with Gasteiger partial charge in [-0.2, -0.15) is 0 Å². The zero-order valence-electron chi connectivity index (χ0n) is 27.5. The zero-order chi connectivity index (χ0) is 32.4. The van der Waals surface area contributed by atoms with Gasteiger partial charge in [0.1, 0.15) is 0 Å². The maximum Gasteiger partial charge on any atom is 0.0171 e. The van der Waals surface area contributed by atoms with Gasteiger partial charge in [-0.1, -0.05) is 166 Å². The van der Waals surface area contributed by atoms with E-state index in [1.54, 1.807) is 0 Å². The third-order valence-corrected chi connectivity index (χ3v) is 11.5. The van der Waals surface area contributed by atoms with Crippen molar-refractivity contribution < 1.29 is 0 Å². The average Bonchev–Trinajstić information content (AvgIpc) is 3.40. The first-order valence-corrected chi connectivity index (χ1v) is 17.4. The van der Waals surface area contributed by atoms with E-state index in [0.717, 1.165) is 0 Å². The first-order valence-electron chi connectivity index (χ1n) is 17.4. The summed E-state index contributed by atoms with van der Waals surface area (Å²) < 4.78 is 0. The summed E-state index contributed by atoms with van der Waals surface area (Å²) >= 11 is 0. The van der Waals surface area contributed by atoms with Gasteiger partial charge >= 0.3 is 0 Å². The molecule has 0 saturated heterocycles. The standard InChI is InChI=1S/C49H32/c1-49(2)47-40-16-7-5-14-37(40)42(28-43(47)46-38-15-6-3-12-35(38)36-13-4-8-17-41(36)48(46)49)30-20-18-29(19-21-30)34-26-24-33-23-22-31-10-9-11-32-25-27-39(34)45(33)44(31)32/h3-28H,1-2H3. The van der Waals surface area contributed by atoms with Crippen molar-refractivity contribution in [3.63, 3.8) is 0 Å². The van der Waals surface area contributed by atoms with Crippen LogP contribution in [0, 0.1) is 0 Å². The molecule has 0 N–H and O–H groups in total. The van der Waals surface area contributed by atoms with Crippen LogP contribution in [0.4, 0.5) is 0 Å². The SMILES string of the molecule is CC1(C)c2c(cc(-c3ccc(-c4ccc5ccc6cccc7ccc4c5c67)cc3)c3ccccc23)-c2c1c1ccccc1c1ccccc21. The lowest BCUT2D eigenvalue weighted by molar-refractivity contribution is 0.672. The van der Waals surface area contributed by atoms with Gasteiger partial charge in [-0.25, -0.2) is 0 Å². The minimum Gasteiger partial charge on any atom is -0.0616 e. The summed E-state index contributed by atoms with van der Waals surface area (Å²) in [7, 11) is 0. The van der Waals surface area contributed by atoms with Crippen LogP contribution in [0.15, 0.2) is 158 Å². The molecule has 0 nitrogen and oxygen atoms in total. The van der Waals surface area contributed by atoms with E-state index in [4.69, 9.17) is 0 Å². The minimum atomic E-state index is -0.148. The second-order valence-corrected chi connectivity index (χ2v) is 14.4. The van der Waals surface area contributed by atoms with Crippen LogP contribution in [0.1, 0.15) is 25.0 Å². The van der Waals surface area contributed by atoms with E-state index >= 15 is 0 Å². The predicted octanol–water partition coefficient (Wildman–Crippen LogP) is 13.7. The van der Waals surface area contributed by atoms with Crippen LogP contribution >= 0.6 is 0 Å². The predicted molar refractivity (Wildman–Crippen MR) is 211 cm³/mol. The first-order chi connectivity index (χ1) is 24.1. The number of hydrogen-bond donors (Lipinski definition) is 0. The van der Waals surface area contributed by atoms with Crippen molar-refractivity contribution in [3.8, 4) is 33.4 Å². The van der Waals surface area contributed by atoms with Gasteiger partial charge < -0.3 is 0 Å². The highest BCUT2D eigenvalue weighted by Crippen LogP contribution is 2.57. The molecule has 0 radical (unpaired) electrons. The van der Waals surface area contributed by atoms with Crippen LogP contribution in [-0.4, -0.2) is 0 Å². The molecular formula is C49H32. The molecule has 1 aliphatic rings. The molecule has 0 spiro atoms. The number of rotatable bonds is 2. The Bertz CT molecular complexity index is 2980. The lowest BCUT2D eigenvalue weighted by atomic mass is 9.77. The molecule has 11 rings (SSSR count). The van der Waals surface area contributed by atoms with Crippen molar-refractivity contribution in [1.82, 2.24) is 0 Å². The second-order valence-electron chi connectivity index (χ2n) is 14.4. The van der Waals surface area contributed by atoms with E-state index in [1.165, 1.54) is 109 Å². The highest BCUT2D eigenvalue weighted by atomic mass is 14.4. The summed E-state index contributed by atoms with van der Waals surface area (Å²) in [5, 5.41) is 16.0. The van der Waals surface area contributed by atoms with E-state index in [1.807, 2.05) is 0 Å². The molecule has 0 saturated carbocycles. The van der Waals surface area contributed by atoms with E-state index < -0.39 is 0 Å². The van der Waals surface area contributed by atoms with Crippen LogP contribution in [0.2, 0.25) is 0 Å². The molecule has 10 aromatic rings. The van der Waals surface area contributed by atoms with E-state index in [-0.39, 0.29) is 5.41 Å². The van der Waals surface area contributed by atoms with Crippen molar-refractivity contribution in [2.75, 3.05) is 0 Å². The molecule has 49 heavy (non-hydrogen) atoms. The van der Waals surface area contributed by atoms with Gasteiger partial charge in [0.25, 0.3) is 0 Å². The van der Waals surface area contributed by atoms with Crippen LogP contribution in [-0.2, 0) is 5.41 Å². The van der Waals surface area contributed by atoms with Crippen LogP contribution in [0.3, 0.4) is 0 Å². The molecule has 0 aliphatic heterocycles. The topological polar surface area (TPSA) is 0 Å². The Hall–Kier alpha value is -5.98. The molecular weight excluding hydrogens is 589 g/mol. The molecule has 0 fully saturated rings. The van der Waals surface area contributed by atoms with Gasteiger partial charge in [-0.3, -0.25) is 0 Å². The zero-order valence-corrected chi connectivity index (χ0v) is 27.5. The lowest BCUT2D eigenvalue weighted by Gasteiger charge is -2.25. The highest BCUT2D eigenvalue weighted by molar-refractivity contribution is 6.25. The summed E-state index contributed by atoms with van der Waals surface area (Å²) in [4.78, 5) is 0. The summed E-state index contributed by atoms with van der Waals surface area (Å²) in [5.74, 6) is 0. The number of fused-ring (bicyclic) bond motifs is 10. The largest absolute Gasteiger partial charge is 0.0616 e. The Labute approximate surface area is 285 Å². The Morgan fingerprint density at radius 2 is 0.837 bits per heavy atom. The number of hydrogen-bond acceptors (Lipinski definition) is 0. The fourth-order valence-corrected chi connectivity index (χ4v) is 9.50. The summed E-state index contributed by atoms with van der Waals surface area (Å²) in [5.41, 5.74) is 10.6. The van der Waals surface area contributed by atoms with Crippen molar-refractivity contribution in [1.29, 1.82) is 0 Å². The van der Waals surface area contributed by atoms with Gasteiger partial charge in [-0.15, -0.1) is 0 Å². The van der Waals surface area contributed by atoms with E-state index in [9.17, 15) is 0 Å². The monoisotopic (exact) mass is 620 g/mol. The van der Waals surface area contributed by atoms with Crippen molar-refractivity contribution in [3.05, 3.63) is 169 Å². The quantitative estimate of drug-likeness (QED) is 0.169. The minimum absolute atomic E-state index is 0.148.